The molecule has 24 heavy (non-hydrogen) atoms. The summed E-state index contributed by atoms with van der Waals surface area (Å²) in [5.41, 5.74) is 0.192. The summed E-state index contributed by atoms with van der Waals surface area (Å²) in [5, 5.41) is 9.51. The highest BCUT2D eigenvalue weighted by molar-refractivity contribution is 5.84. The molecule has 130 valence electrons. The molecular weight excluding hydrogens is 304 g/mol. The third kappa shape index (κ3) is 3.31. The molecule has 3 rings (SSSR count). The third-order valence-electron chi connectivity index (χ3n) is 5.40. The lowest BCUT2D eigenvalue weighted by Crippen LogP contribution is -2.45. The number of carbonyl (C=O) groups is 2. The Morgan fingerprint density at radius 2 is 1.75 bits per heavy atom. The van der Waals surface area contributed by atoms with Gasteiger partial charge in [-0.3, -0.25) is 14.5 Å². The van der Waals surface area contributed by atoms with Crippen LogP contribution in [0.4, 0.5) is 0 Å². The maximum absolute atomic E-state index is 13.2. The van der Waals surface area contributed by atoms with E-state index in [1.54, 1.807) is 6.92 Å². The van der Waals surface area contributed by atoms with Gasteiger partial charge in [-0.1, -0.05) is 30.3 Å². The Morgan fingerprint density at radius 3 is 2.33 bits per heavy atom. The Bertz CT molecular complexity index is 598. The SMILES string of the molecule is CC1(C(=O)O)CCN(C(C(=O)N2CCCCC2)c2ccccc2)C1. The van der Waals surface area contributed by atoms with Gasteiger partial charge in [-0.2, -0.15) is 0 Å². The number of carbonyl (C=O) groups excluding carboxylic acids is 1. The van der Waals surface area contributed by atoms with E-state index in [0.29, 0.717) is 19.5 Å². The second kappa shape index (κ2) is 6.93. The first-order valence-electron chi connectivity index (χ1n) is 8.82. The number of rotatable bonds is 4. The topological polar surface area (TPSA) is 60.9 Å². The van der Waals surface area contributed by atoms with Crippen molar-refractivity contribution in [3.63, 3.8) is 0 Å². The predicted molar refractivity (Wildman–Crippen MR) is 91.5 cm³/mol. The van der Waals surface area contributed by atoms with Crippen molar-refractivity contribution in [1.82, 2.24) is 9.80 Å². The summed E-state index contributed by atoms with van der Waals surface area (Å²) in [6.07, 6.45) is 3.87. The van der Waals surface area contributed by atoms with E-state index in [2.05, 4.69) is 4.90 Å². The van der Waals surface area contributed by atoms with E-state index in [0.717, 1.165) is 31.5 Å². The monoisotopic (exact) mass is 330 g/mol. The van der Waals surface area contributed by atoms with Crippen molar-refractivity contribution in [1.29, 1.82) is 0 Å². The summed E-state index contributed by atoms with van der Waals surface area (Å²) in [7, 11) is 0. The standard InChI is InChI=1S/C19H26N2O3/c1-19(18(23)24)10-13-21(14-19)16(15-8-4-2-5-9-15)17(22)20-11-6-3-7-12-20/h2,4-5,8-9,16H,3,6-7,10-14H2,1H3,(H,23,24). The van der Waals surface area contributed by atoms with Gasteiger partial charge in [0.1, 0.15) is 6.04 Å². The van der Waals surface area contributed by atoms with Gasteiger partial charge in [0.15, 0.2) is 0 Å². The second-order valence-corrected chi connectivity index (χ2v) is 7.29. The van der Waals surface area contributed by atoms with Crippen molar-refractivity contribution in [2.75, 3.05) is 26.2 Å². The average Bonchev–Trinajstić information content (AvgIpc) is 3.00. The first-order valence-corrected chi connectivity index (χ1v) is 8.82. The van der Waals surface area contributed by atoms with Crippen LogP contribution in [0, 0.1) is 5.41 Å². The zero-order chi connectivity index (χ0) is 17.2. The maximum Gasteiger partial charge on any atom is 0.310 e. The molecule has 1 amide bonds. The van der Waals surface area contributed by atoms with Crippen LogP contribution in [0.25, 0.3) is 0 Å². The molecule has 0 spiro atoms. The molecule has 2 heterocycles. The van der Waals surface area contributed by atoms with Gasteiger partial charge >= 0.3 is 5.97 Å². The summed E-state index contributed by atoms with van der Waals surface area (Å²) in [6, 6.07) is 9.41. The number of amides is 1. The number of carboxylic acid groups (broad SMARTS) is 1. The lowest BCUT2D eigenvalue weighted by molar-refractivity contribution is -0.148. The summed E-state index contributed by atoms with van der Waals surface area (Å²) >= 11 is 0. The smallest absolute Gasteiger partial charge is 0.310 e. The summed E-state index contributed by atoms with van der Waals surface area (Å²) < 4.78 is 0. The maximum atomic E-state index is 13.2. The Kier molecular flexibility index (Phi) is 4.90. The minimum Gasteiger partial charge on any atom is -0.481 e. The fraction of sp³-hybridized carbons (Fsp3) is 0.579. The Balaban J connectivity index is 1.86. The van der Waals surface area contributed by atoms with Gasteiger partial charge in [0.2, 0.25) is 5.91 Å². The molecule has 0 aliphatic carbocycles. The van der Waals surface area contributed by atoms with E-state index in [-0.39, 0.29) is 11.9 Å². The number of benzene rings is 1. The van der Waals surface area contributed by atoms with Gasteiger partial charge < -0.3 is 10.0 Å². The van der Waals surface area contributed by atoms with E-state index in [1.807, 2.05) is 35.2 Å². The van der Waals surface area contributed by atoms with Gasteiger partial charge in [-0.15, -0.1) is 0 Å². The first kappa shape index (κ1) is 17.0. The van der Waals surface area contributed by atoms with Crippen LogP contribution in [-0.2, 0) is 9.59 Å². The molecule has 2 saturated heterocycles. The van der Waals surface area contributed by atoms with Crippen LogP contribution in [0.5, 0.6) is 0 Å². The number of hydrogen-bond acceptors (Lipinski definition) is 3. The van der Waals surface area contributed by atoms with Gasteiger partial charge in [0, 0.05) is 26.2 Å². The molecule has 2 fully saturated rings. The number of carboxylic acids is 1. The quantitative estimate of drug-likeness (QED) is 0.921. The molecule has 0 saturated carbocycles. The van der Waals surface area contributed by atoms with Crippen molar-refractivity contribution in [2.24, 2.45) is 5.41 Å². The minimum atomic E-state index is -0.776. The van der Waals surface area contributed by atoms with E-state index in [9.17, 15) is 14.7 Å². The molecule has 0 bridgehead atoms. The highest BCUT2D eigenvalue weighted by Gasteiger charge is 2.45. The molecule has 2 aliphatic heterocycles. The molecule has 2 atom stereocenters. The summed E-state index contributed by atoms with van der Waals surface area (Å²) in [4.78, 5) is 28.8. The van der Waals surface area contributed by atoms with Crippen LogP contribution in [0.15, 0.2) is 30.3 Å². The average molecular weight is 330 g/mol. The van der Waals surface area contributed by atoms with E-state index < -0.39 is 11.4 Å². The first-order chi connectivity index (χ1) is 11.5. The molecule has 0 radical (unpaired) electrons. The lowest BCUT2D eigenvalue weighted by Gasteiger charge is -2.35. The molecule has 1 aromatic rings. The van der Waals surface area contributed by atoms with Crippen molar-refractivity contribution >= 4 is 11.9 Å². The number of piperidine rings is 1. The number of aliphatic carboxylic acids is 1. The molecular formula is C19H26N2O3. The van der Waals surface area contributed by atoms with Crippen molar-refractivity contribution < 1.29 is 14.7 Å². The fourth-order valence-electron chi connectivity index (χ4n) is 3.82. The lowest BCUT2D eigenvalue weighted by atomic mass is 9.90. The molecule has 5 nitrogen and oxygen atoms in total. The third-order valence-corrected chi connectivity index (χ3v) is 5.40. The van der Waals surface area contributed by atoms with Crippen LogP contribution in [0.3, 0.4) is 0 Å². The van der Waals surface area contributed by atoms with Gasteiger partial charge in [-0.25, -0.2) is 0 Å². The summed E-state index contributed by atoms with van der Waals surface area (Å²) in [5.74, 6) is -0.655. The number of hydrogen-bond donors (Lipinski definition) is 1. The van der Waals surface area contributed by atoms with Crippen LogP contribution in [0.1, 0.15) is 44.2 Å². The Hall–Kier alpha value is -1.88. The molecule has 1 N–H and O–H groups in total. The van der Waals surface area contributed by atoms with Crippen LogP contribution >= 0.6 is 0 Å². The van der Waals surface area contributed by atoms with E-state index >= 15 is 0 Å². The van der Waals surface area contributed by atoms with E-state index in [1.165, 1.54) is 6.42 Å². The Labute approximate surface area is 143 Å². The molecule has 2 unspecified atom stereocenters. The van der Waals surface area contributed by atoms with Crippen molar-refractivity contribution in [3.8, 4) is 0 Å². The normalized spacial score (nSPS) is 26.3. The number of likely N-dealkylation sites (tertiary alicyclic amines) is 2. The summed E-state index contributed by atoms with van der Waals surface area (Å²) in [6.45, 7) is 4.46. The molecule has 5 heteroatoms. The number of nitrogens with zero attached hydrogens (tertiary/aromatic N) is 2. The molecule has 1 aromatic carbocycles. The molecule has 0 aromatic heterocycles. The van der Waals surface area contributed by atoms with Crippen LogP contribution in [0.2, 0.25) is 0 Å². The Morgan fingerprint density at radius 1 is 1.08 bits per heavy atom. The van der Waals surface area contributed by atoms with E-state index in [4.69, 9.17) is 0 Å². The van der Waals surface area contributed by atoms with Gasteiger partial charge in [0.05, 0.1) is 5.41 Å². The minimum absolute atomic E-state index is 0.121. The molecule has 2 aliphatic rings. The van der Waals surface area contributed by atoms with Crippen LogP contribution < -0.4 is 0 Å². The zero-order valence-corrected chi connectivity index (χ0v) is 14.3. The van der Waals surface area contributed by atoms with Gasteiger partial charge in [0.25, 0.3) is 0 Å². The predicted octanol–water partition coefficient (Wildman–Crippen LogP) is 2.54. The highest BCUT2D eigenvalue weighted by Crippen LogP contribution is 2.36. The van der Waals surface area contributed by atoms with Crippen LogP contribution in [-0.4, -0.2) is 53.0 Å². The van der Waals surface area contributed by atoms with Gasteiger partial charge in [-0.05, 0) is 38.2 Å². The van der Waals surface area contributed by atoms with Crippen molar-refractivity contribution in [3.05, 3.63) is 35.9 Å². The van der Waals surface area contributed by atoms with Crippen molar-refractivity contribution in [2.45, 2.75) is 38.6 Å². The second-order valence-electron chi connectivity index (χ2n) is 7.29. The zero-order valence-electron chi connectivity index (χ0n) is 14.3. The fourth-order valence-corrected chi connectivity index (χ4v) is 3.82. The highest BCUT2D eigenvalue weighted by atomic mass is 16.4. The largest absolute Gasteiger partial charge is 0.481 e.